The quantitative estimate of drug-likeness (QED) is 0.717. The summed E-state index contributed by atoms with van der Waals surface area (Å²) in [5.41, 5.74) is 1.66. The minimum absolute atomic E-state index is 0.403. The third-order valence-corrected chi connectivity index (χ3v) is 3.93. The lowest BCUT2D eigenvalue weighted by molar-refractivity contribution is 0.275. The summed E-state index contributed by atoms with van der Waals surface area (Å²) in [6.45, 7) is 12.5. The van der Waals surface area contributed by atoms with Gasteiger partial charge in [0.15, 0.2) is 0 Å². The van der Waals surface area contributed by atoms with E-state index in [1.54, 1.807) is 0 Å². The summed E-state index contributed by atoms with van der Waals surface area (Å²) in [7, 11) is 0. The van der Waals surface area contributed by atoms with Crippen LogP contribution in [-0.2, 0) is 6.42 Å². The number of nitrogens with one attached hydrogen (secondary N) is 1. The topological polar surface area (TPSA) is 12.0 Å². The molecule has 0 spiro atoms. The molecule has 0 aliphatic carbocycles. The Bertz CT molecular complexity index is 395. The van der Waals surface area contributed by atoms with Crippen LogP contribution in [-0.4, -0.2) is 12.6 Å². The maximum absolute atomic E-state index is 6.28. The lowest BCUT2D eigenvalue weighted by Gasteiger charge is -2.27. The van der Waals surface area contributed by atoms with Crippen LogP contribution < -0.4 is 5.32 Å². The predicted molar refractivity (Wildman–Crippen MR) is 90.5 cm³/mol. The van der Waals surface area contributed by atoms with Crippen molar-refractivity contribution in [2.24, 2.45) is 11.3 Å². The maximum Gasteiger partial charge on any atom is 0.0438 e. The van der Waals surface area contributed by atoms with Gasteiger partial charge in [0.2, 0.25) is 0 Å². The highest BCUT2D eigenvalue weighted by Crippen LogP contribution is 2.28. The first-order valence-electron chi connectivity index (χ1n) is 7.78. The smallest absolute Gasteiger partial charge is 0.0438 e. The van der Waals surface area contributed by atoms with Crippen molar-refractivity contribution in [3.05, 3.63) is 34.9 Å². The van der Waals surface area contributed by atoms with E-state index in [-0.39, 0.29) is 0 Å². The van der Waals surface area contributed by atoms with Crippen molar-refractivity contribution in [2.75, 3.05) is 6.54 Å². The van der Waals surface area contributed by atoms with Gasteiger partial charge in [0, 0.05) is 11.1 Å². The van der Waals surface area contributed by atoms with Crippen LogP contribution in [0, 0.1) is 11.3 Å². The molecule has 0 aliphatic rings. The largest absolute Gasteiger partial charge is 0.314 e. The van der Waals surface area contributed by atoms with E-state index in [4.69, 9.17) is 11.6 Å². The highest BCUT2D eigenvalue weighted by Gasteiger charge is 2.19. The summed E-state index contributed by atoms with van der Waals surface area (Å²) < 4.78 is 0. The van der Waals surface area contributed by atoms with Gasteiger partial charge >= 0.3 is 0 Å². The van der Waals surface area contributed by atoms with Gasteiger partial charge in [-0.3, -0.25) is 0 Å². The third kappa shape index (κ3) is 6.76. The van der Waals surface area contributed by atoms with Crippen molar-refractivity contribution in [1.29, 1.82) is 0 Å². The third-order valence-electron chi connectivity index (χ3n) is 3.56. The highest BCUT2D eigenvalue weighted by molar-refractivity contribution is 6.31. The Morgan fingerprint density at radius 2 is 1.85 bits per heavy atom. The summed E-state index contributed by atoms with van der Waals surface area (Å²) in [5, 5.41) is 4.50. The Hall–Kier alpha value is -0.530. The first-order valence-corrected chi connectivity index (χ1v) is 8.16. The fourth-order valence-electron chi connectivity index (χ4n) is 3.07. The molecule has 0 aromatic heterocycles. The average Bonchev–Trinajstić information content (AvgIpc) is 2.29. The van der Waals surface area contributed by atoms with Crippen LogP contribution in [0.5, 0.6) is 0 Å². The molecule has 114 valence electrons. The van der Waals surface area contributed by atoms with Crippen LogP contribution in [0.1, 0.15) is 53.0 Å². The van der Waals surface area contributed by atoms with E-state index in [0.717, 1.165) is 23.9 Å². The molecular formula is C18H30ClN. The summed E-state index contributed by atoms with van der Waals surface area (Å²) in [4.78, 5) is 0. The van der Waals surface area contributed by atoms with Gasteiger partial charge in [-0.25, -0.2) is 0 Å². The molecular weight excluding hydrogens is 266 g/mol. The summed E-state index contributed by atoms with van der Waals surface area (Å²) in [5.74, 6) is 0.724. The first kappa shape index (κ1) is 17.5. The van der Waals surface area contributed by atoms with Gasteiger partial charge < -0.3 is 5.32 Å². The van der Waals surface area contributed by atoms with Crippen LogP contribution >= 0.6 is 11.6 Å². The van der Waals surface area contributed by atoms with Crippen LogP contribution in [0.25, 0.3) is 0 Å². The van der Waals surface area contributed by atoms with Gasteiger partial charge in [-0.05, 0) is 48.8 Å². The van der Waals surface area contributed by atoms with Crippen molar-refractivity contribution in [3.8, 4) is 0 Å². The molecule has 2 atom stereocenters. The van der Waals surface area contributed by atoms with E-state index in [0.29, 0.717) is 11.5 Å². The van der Waals surface area contributed by atoms with Gasteiger partial charge in [-0.2, -0.15) is 0 Å². The van der Waals surface area contributed by atoms with E-state index in [1.165, 1.54) is 18.4 Å². The summed E-state index contributed by atoms with van der Waals surface area (Å²) in [6.07, 6.45) is 3.48. The standard InChI is InChI=1S/C18H30ClN/c1-6-20-16(11-14(2)13-18(3,4)5)12-15-9-7-8-10-17(15)19/h7-10,14,16,20H,6,11-13H2,1-5H3. The van der Waals surface area contributed by atoms with Crippen molar-refractivity contribution in [1.82, 2.24) is 5.32 Å². The van der Waals surface area contributed by atoms with Crippen molar-refractivity contribution >= 4 is 11.6 Å². The van der Waals surface area contributed by atoms with E-state index < -0.39 is 0 Å². The molecule has 2 heteroatoms. The Balaban J connectivity index is 2.63. The molecule has 1 aromatic carbocycles. The molecule has 0 bridgehead atoms. The molecule has 0 radical (unpaired) electrons. The van der Waals surface area contributed by atoms with Crippen molar-refractivity contribution in [2.45, 2.75) is 59.9 Å². The Kier molecular flexibility index (Phi) is 7.05. The normalized spacial score (nSPS) is 15.1. The highest BCUT2D eigenvalue weighted by atomic mass is 35.5. The van der Waals surface area contributed by atoms with E-state index in [1.807, 2.05) is 12.1 Å². The molecule has 0 saturated heterocycles. The summed E-state index contributed by atoms with van der Waals surface area (Å²) in [6, 6.07) is 8.70. The van der Waals surface area contributed by atoms with E-state index in [9.17, 15) is 0 Å². The van der Waals surface area contributed by atoms with Gasteiger partial charge in [-0.15, -0.1) is 0 Å². The molecule has 0 saturated carbocycles. The number of hydrogen-bond acceptors (Lipinski definition) is 1. The minimum atomic E-state index is 0.403. The SMILES string of the molecule is CCNC(Cc1ccccc1Cl)CC(C)CC(C)(C)C. The molecule has 0 amide bonds. The van der Waals surface area contributed by atoms with E-state index >= 15 is 0 Å². The van der Waals surface area contributed by atoms with Crippen LogP contribution in [0.15, 0.2) is 24.3 Å². The zero-order valence-corrected chi connectivity index (χ0v) is 14.4. The molecule has 1 rings (SSSR count). The number of benzene rings is 1. The second-order valence-corrected chi connectivity index (χ2v) is 7.56. The molecule has 0 heterocycles. The Labute approximate surface area is 130 Å². The number of likely N-dealkylation sites (N-methyl/N-ethyl adjacent to an activating group) is 1. The second-order valence-electron chi connectivity index (χ2n) is 7.16. The zero-order chi connectivity index (χ0) is 15.2. The fourth-order valence-corrected chi connectivity index (χ4v) is 3.28. The molecule has 0 aliphatic heterocycles. The van der Waals surface area contributed by atoms with Gasteiger partial charge in [0.05, 0.1) is 0 Å². The molecule has 1 nitrogen and oxygen atoms in total. The predicted octanol–water partition coefficient (Wildman–Crippen LogP) is 5.32. The van der Waals surface area contributed by atoms with Crippen LogP contribution in [0.2, 0.25) is 5.02 Å². The first-order chi connectivity index (χ1) is 9.31. The fraction of sp³-hybridized carbons (Fsp3) is 0.667. The van der Waals surface area contributed by atoms with E-state index in [2.05, 4.69) is 52.1 Å². The summed E-state index contributed by atoms with van der Waals surface area (Å²) >= 11 is 6.28. The number of halogens is 1. The lowest BCUT2D eigenvalue weighted by Crippen LogP contribution is -2.33. The zero-order valence-electron chi connectivity index (χ0n) is 13.7. The van der Waals surface area contributed by atoms with Gasteiger partial charge in [0.25, 0.3) is 0 Å². The Morgan fingerprint density at radius 3 is 2.40 bits per heavy atom. The Morgan fingerprint density at radius 1 is 1.20 bits per heavy atom. The molecule has 1 aromatic rings. The van der Waals surface area contributed by atoms with Gasteiger partial charge in [0.1, 0.15) is 0 Å². The number of rotatable bonds is 7. The monoisotopic (exact) mass is 295 g/mol. The van der Waals surface area contributed by atoms with Crippen molar-refractivity contribution in [3.63, 3.8) is 0 Å². The molecule has 2 unspecified atom stereocenters. The van der Waals surface area contributed by atoms with Crippen molar-refractivity contribution < 1.29 is 0 Å². The van der Waals surface area contributed by atoms with Crippen LogP contribution in [0.4, 0.5) is 0 Å². The lowest BCUT2D eigenvalue weighted by atomic mass is 9.82. The second kappa shape index (κ2) is 8.05. The van der Waals surface area contributed by atoms with Gasteiger partial charge in [-0.1, -0.05) is 64.4 Å². The maximum atomic E-state index is 6.28. The minimum Gasteiger partial charge on any atom is -0.314 e. The number of hydrogen-bond donors (Lipinski definition) is 1. The molecule has 20 heavy (non-hydrogen) atoms. The molecule has 1 N–H and O–H groups in total. The van der Waals surface area contributed by atoms with Crippen LogP contribution in [0.3, 0.4) is 0 Å². The average molecular weight is 296 g/mol. The molecule has 0 fully saturated rings.